The van der Waals surface area contributed by atoms with Crippen molar-refractivity contribution in [3.05, 3.63) is 45.2 Å². The molecular formula is C14H19ClN6O2. The number of aromatic nitrogens is 2. The van der Waals surface area contributed by atoms with Gasteiger partial charge in [0.1, 0.15) is 11.0 Å². The molecule has 9 heteroatoms. The van der Waals surface area contributed by atoms with Crippen molar-refractivity contribution >= 4 is 34.6 Å². The zero-order valence-corrected chi connectivity index (χ0v) is 13.7. The molecule has 8 nitrogen and oxygen atoms in total. The van der Waals surface area contributed by atoms with E-state index in [2.05, 4.69) is 15.3 Å². The number of nitrogens with zero attached hydrogens (tertiary/aromatic N) is 3. The van der Waals surface area contributed by atoms with E-state index in [1.807, 2.05) is 19.9 Å². The minimum atomic E-state index is -0.499. The van der Waals surface area contributed by atoms with E-state index in [9.17, 15) is 10.1 Å². The van der Waals surface area contributed by atoms with Crippen molar-refractivity contribution in [2.24, 2.45) is 0 Å². The molecule has 2 aromatic rings. The summed E-state index contributed by atoms with van der Waals surface area (Å²) >= 11 is 5.58. The second-order valence-electron chi connectivity index (χ2n) is 4.41. The Morgan fingerprint density at radius 2 is 2.00 bits per heavy atom. The normalized spacial score (nSPS) is 9.70. The predicted octanol–water partition coefficient (Wildman–Crippen LogP) is 2.88. The van der Waals surface area contributed by atoms with Crippen LogP contribution in [0.2, 0.25) is 5.15 Å². The first-order chi connectivity index (χ1) is 10.9. The summed E-state index contributed by atoms with van der Waals surface area (Å²) in [5.41, 5.74) is 12.7. The zero-order valence-electron chi connectivity index (χ0n) is 12.9. The Hall–Kier alpha value is -2.61. The van der Waals surface area contributed by atoms with Crippen LogP contribution >= 0.6 is 11.6 Å². The molecule has 2 heterocycles. The van der Waals surface area contributed by atoms with Crippen molar-refractivity contribution in [3.63, 3.8) is 0 Å². The number of nitrogen functional groups attached to an aromatic ring is 2. The van der Waals surface area contributed by atoms with Crippen LogP contribution in [-0.2, 0) is 6.42 Å². The van der Waals surface area contributed by atoms with Gasteiger partial charge in [-0.15, -0.1) is 0 Å². The number of nitro groups is 1. The van der Waals surface area contributed by atoms with E-state index in [1.54, 1.807) is 6.20 Å². The van der Waals surface area contributed by atoms with Crippen molar-refractivity contribution in [1.82, 2.24) is 9.97 Å². The Bertz CT molecular complexity index is 680. The number of hydrogen-bond acceptors (Lipinski definition) is 7. The van der Waals surface area contributed by atoms with Gasteiger partial charge < -0.3 is 16.8 Å². The molecule has 0 radical (unpaired) electrons. The third kappa shape index (κ3) is 5.26. The Morgan fingerprint density at radius 1 is 1.30 bits per heavy atom. The van der Waals surface area contributed by atoms with Crippen molar-refractivity contribution in [2.45, 2.75) is 20.3 Å². The number of rotatable bonds is 4. The topological polar surface area (TPSA) is 133 Å². The van der Waals surface area contributed by atoms with Gasteiger partial charge in [0.2, 0.25) is 5.82 Å². The van der Waals surface area contributed by atoms with Crippen LogP contribution in [0.1, 0.15) is 19.4 Å². The lowest BCUT2D eigenvalue weighted by Gasteiger charge is -2.02. The summed E-state index contributed by atoms with van der Waals surface area (Å²) in [7, 11) is 0. The number of hydrogen-bond donors (Lipinski definition) is 3. The van der Waals surface area contributed by atoms with Crippen molar-refractivity contribution in [3.8, 4) is 0 Å². The lowest BCUT2D eigenvalue weighted by atomic mass is 10.2. The van der Waals surface area contributed by atoms with Gasteiger partial charge in [0.15, 0.2) is 0 Å². The fourth-order valence-corrected chi connectivity index (χ4v) is 1.86. The predicted molar refractivity (Wildman–Crippen MR) is 92.5 cm³/mol. The molecular weight excluding hydrogens is 320 g/mol. The van der Waals surface area contributed by atoms with Gasteiger partial charge in [-0.25, -0.2) is 9.97 Å². The number of nitrogens with one attached hydrogen (secondary N) is 1. The molecule has 5 N–H and O–H groups in total. The summed E-state index contributed by atoms with van der Waals surface area (Å²) in [4.78, 5) is 17.6. The van der Waals surface area contributed by atoms with Crippen molar-refractivity contribution < 1.29 is 4.92 Å². The smallest absolute Gasteiger partial charge is 0.311 e. The van der Waals surface area contributed by atoms with Crippen molar-refractivity contribution in [2.75, 3.05) is 23.3 Å². The maximum Gasteiger partial charge on any atom is 0.311 e. The average Bonchev–Trinajstić information content (AvgIpc) is 2.51. The molecule has 0 unspecified atom stereocenters. The summed E-state index contributed by atoms with van der Waals surface area (Å²) in [6.45, 7) is 4.42. The number of aryl methyl sites for hydroxylation is 1. The van der Waals surface area contributed by atoms with Crippen LogP contribution in [0, 0.1) is 10.1 Å². The molecule has 0 spiro atoms. The van der Waals surface area contributed by atoms with E-state index < -0.39 is 4.92 Å². The first kappa shape index (κ1) is 18.4. The van der Waals surface area contributed by atoms with E-state index in [0.29, 0.717) is 18.1 Å². The molecule has 0 aliphatic rings. The Balaban J connectivity index is 0.000000238. The third-order valence-corrected chi connectivity index (χ3v) is 3.08. The highest BCUT2D eigenvalue weighted by atomic mass is 35.5. The Morgan fingerprint density at radius 3 is 2.52 bits per heavy atom. The second kappa shape index (κ2) is 8.74. The minimum absolute atomic E-state index is 0.0637. The lowest BCUT2D eigenvalue weighted by molar-refractivity contribution is -0.384. The van der Waals surface area contributed by atoms with Crippen LogP contribution < -0.4 is 16.8 Å². The highest BCUT2D eigenvalue weighted by Gasteiger charge is 2.14. The summed E-state index contributed by atoms with van der Waals surface area (Å²) in [5, 5.41) is 13.5. The van der Waals surface area contributed by atoms with Crippen LogP contribution in [0.25, 0.3) is 0 Å². The highest BCUT2D eigenvalue weighted by Crippen LogP contribution is 2.23. The molecule has 124 valence electrons. The zero-order chi connectivity index (χ0) is 17.4. The summed E-state index contributed by atoms with van der Waals surface area (Å²) < 4.78 is 0. The fourth-order valence-electron chi connectivity index (χ4n) is 1.71. The van der Waals surface area contributed by atoms with Crippen LogP contribution in [0.5, 0.6) is 0 Å². The van der Waals surface area contributed by atoms with Gasteiger partial charge in [-0.3, -0.25) is 10.1 Å². The van der Waals surface area contributed by atoms with Gasteiger partial charge in [-0.2, -0.15) is 0 Å². The molecule has 0 saturated carbocycles. The minimum Gasteiger partial charge on any atom is -0.396 e. The standard InChI is InChI=1S/C7H8ClN3O2.C7H11N3/c1-2-9-7-5(11(12)13)3-4-6(8)10-7;1-2-5-3-4-10-7(9)6(5)8/h3-4H,2H2,1H3,(H,9,10);3-4H,2,8H2,1H3,(H2,9,10). The van der Waals surface area contributed by atoms with Crippen LogP contribution in [0.4, 0.5) is 23.0 Å². The Labute approximate surface area is 139 Å². The summed E-state index contributed by atoms with van der Waals surface area (Å²) in [5.74, 6) is 0.638. The molecule has 0 amide bonds. The van der Waals surface area contributed by atoms with Crippen molar-refractivity contribution in [1.29, 1.82) is 0 Å². The van der Waals surface area contributed by atoms with Crippen LogP contribution in [0.3, 0.4) is 0 Å². The molecule has 23 heavy (non-hydrogen) atoms. The average molecular weight is 339 g/mol. The number of nitrogens with two attached hydrogens (primary N) is 2. The summed E-state index contributed by atoms with van der Waals surface area (Å²) in [6, 6.07) is 4.60. The SMILES string of the molecule is CCNc1nc(Cl)ccc1[N+](=O)[O-].CCc1ccnc(N)c1N. The largest absolute Gasteiger partial charge is 0.396 e. The molecule has 0 fully saturated rings. The summed E-state index contributed by atoms with van der Waals surface area (Å²) in [6.07, 6.45) is 2.57. The van der Waals surface area contributed by atoms with Gasteiger partial charge in [-0.05, 0) is 31.0 Å². The molecule has 0 bridgehead atoms. The maximum atomic E-state index is 10.5. The van der Waals surface area contributed by atoms with E-state index in [-0.39, 0.29) is 16.7 Å². The van der Waals surface area contributed by atoms with Gasteiger partial charge >= 0.3 is 5.69 Å². The third-order valence-electron chi connectivity index (χ3n) is 2.87. The number of anilines is 3. The van der Waals surface area contributed by atoms with Gasteiger partial charge in [0.25, 0.3) is 0 Å². The van der Waals surface area contributed by atoms with E-state index >= 15 is 0 Å². The molecule has 0 aliphatic carbocycles. The maximum absolute atomic E-state index is 10.5. The molecule has 0 saturated heterocycles. The second-order valence-corrected chi connectivity index (χ2v) is 4.80. The number of halogens is 1. The monoisotopic (exact) mass is 338 g/mol. The molecule has 2 aromatic heterocycles. The van der Waals surface area contributed by atoms with Crippen LogP contribution in [0.15, 0.2) is 24.4 Å². The first-order valence-corrected chi connectivity index (χ1v) is 7.32. The van der Waals surface area contributed by atoms with Crippen LogP contribution in [-0.4, -0.2) is 21.4 Å². The van der Waals surface area contributed by atoms with E-state index in [1.165, 1.54) is 12.1 Å². The van der Waals surface area contributed by atoms with E-state index in [0.717, 1.165) is 12.0 Å². The first-order valence-electron chi connectivity index (χ1n) is 6.94. The van der Waals surface area contributed by atoms with E-state index in [4.69, 9.17) is 23.1 Å². The van der Waals surface area contributed by atoms with Gasteiger partial charge in [-0.1, -0.05) is 18.5 Å². The van der Waals surface area contributed by atoms with Gasteiger partial charge in [0, 0.05) is 18.8 Å². The molecule has 0 aromatic carbocycles. The van der Waals surface area contributed by atoms with Gasteiger partial charge in [0.05, 0.1) is 10.6 Å². The quantitative estimate of drug-likeness (QED) is 0.443. The highest BCUT2D eigenvalue weighted by molar-refractivity contribution is 6.29. The Kier molecular flexibility index (Phi) is 7.01. The molecule has 0 atom stereocenters. The number of pyridine rings is 2. The fraction of sp³-hybridized carbons (Fsp3) is 0.286. The lowest BCUT2D eigenvalue weighted by Crippen LogP contribution is -2.03. The molecule has 0 aliphatic heterocycles. The molecule has 2 rings (SSSR count).